The van der Waals surface area contributed by atoms with Crippen molar-refractivity contribution in [3.05, 3.63) is 28.0 Å². The van der Waals surface area contributed by atoms with Crippen LogP contribution in [-0.4, -0.2) is 39.8 Å². The molecule has 0 amide bonds. The zero-order chi connectivity index (χ0) is 20.5. The van der Waals surface area contributed by atoms with Crippen LogP contribution < -0.4 is 0 Å². The molecule has 1 aromatic carbocycles. The number of rotatable bonds is 7. The molecule has 1 aliphatic carbocycles. The molecule has 0 radical (unpaired) electrons. The normalized spacial score (nSPS) is 21.2. The van der Waals surface area contributed by atoms with E-state index < -0.39 is 23.1 Å². The van der Waals surface area contributed by atoms with Crippen LogP contribution >= 0.6 is 0 Å². The van der Waals surface area contributed by atoms with Gasteiger partial charge >= 0.3 is 0 Å². The molecule has 28 heavy (non-hydrogen) atoms. The van der Waals surface area contributed by atoms with Gasteiger partial charge in [-0.3, -0.25) is 9.59 Å². The molecule has 7 heteroatoms. The van der Waals surface area contributed by atoms with Gasteiger partial charge in [0.15, 0.2) is 11.5 Å². The second-order valence-electron chi connectivity index (χ2n) is 7.39. The number of Topliss-reactive ketones (excluding diaryl/α,β-unsaturated/α-hetero) is 2. The van der Waals surface area contributed by atoms with Crippen molar-refractivity contribution in [3.63, 3.8) is 0 Å². The average molecular weight is 390 g/mol. The fraction of sp³-hybridized carbons (Fsp3) is 0.524. The molecule has 0 saturated heterocycles. The highest BCUT2D eigenvalue weighted by atomic mass is 16.6. The molecule has 0 bridgehead atoms. The quantitative estimate of drug-likeness (QED) is 0.373. The van der Waals surface area contributed by atoms with Gasteiger partial charge in [0, 0.05) is 29.5 Å². The van der Waals surface area contributed by atoms with E-state index in [1.807, 2.05) is 0 Å². The van der Waals surface area contributed by atoms with Gasteiger partial charge in [0.25, 0.3) is 5.78 Å². The Kier molecular flexibility index (Phi) is 5.76. The molecule has 0 spiro atoms. The van der Waals surface area contributed by atoms with Crippen LogP contribution in [0.4, 0.5) is 0 Å². The molecule has 152 valence electrons. The number of aromatic hydroxyl groups is 2. The molecule has 1 aliphatic heterocycles. The number of hydrogen-bond donors (Lipinski definition) is 3. The summed E-state index contributed by atoms with van der Waals surface area (Å²) in [7, 11) is 1.25. The second-order valence-corrected chi connectivity index (χ2v) is 7.39. The summed E-state index contributed by atoms with van der Waals surface area (Å²) in [4.78, 5) is 24.4. The van der Waals surface area contributed by atoms with Crippen LogP contribution in [0.1, 0.15) is 72.5 Å². The molecule has 3 rings (SSSR count). The lowest BCUT2D eigenvalue weighted by atomic mass is 9.84. The Morgan fingerprint density at radius 1 is 1.07 bits per heavy atom. The number of ether oxygens (including phenoxy) is 2. The van der Waals surface area contributed by atoms with E-state index in [1.54, 1.807) is 0 Å². The van der Waals surface area contributed by atoms with E-state index in [2.05, 4.69) is 6.92 Å². The van der Waals surface area contributed by atoms with Gasteiger partial charge < -0.3 is 24.8 Å². The average Bonchev–Trinajstić information content (AvgIpc) is 2.68. The lowest BCUT2D eigenvalue weighted by Gasteiger charge is -2.35. The van der Waals surface area contributed by atoms with Crippen molar-refractivity contribution in [2.45, 2.75) is 64.3 Å². The first-order valence-corrected chi connectivity index (χ1v) is 9.63. The smallest absolute Gasteiger partial charge is 0.268 e. The highest BCUT2D eigenvalue weighted by Gasteiger charge is 2.41. The predicted octanol–water partition coefficient (Wildman–Crippen LogP) is 2.97. The number of aliphatic hydroxyl groups is 1. The summed E-state index contributed by atoms with van der Waals surface area (Å²) in [5.74, 6) is -4.11. The number of methoxy groups -OCH3 is 1. The Balaban J connectivity index is 1.92. The van der Waals surface area contributed by atoms with Crippen molar-refractivity contribution >= 4 is 17.6 Å². The molecule has 1 aromatic rings. The Hall–Kier alpha value is -2.38. The maximum atomic E-state index is 12.4. The van der Waals surface area contributed by atoms with Crippen LogP contribution in [-0.2, 0) is 27.3 Å². The predicted molar refractivity (Wildman–Crippen MR) is 101 cm³/mol. The largest absolute Gasteiger partial charge is 0.507 e. The van der Waals surface area contributed by atoms with E-state index in [9.17, 15) is 24.9 Å². The zero-order valence-electron chi connectivity index (χ0n) is 16.2. The SMILES string of the molecule is CCCCCCCC1(O)Cc2c(O)c3c(c(O)c2CO1)C(=O)C(=O)C(OC)=C3. The number of unbranched alkanes of at least 4 members (excludes halogenated alkanes) is 4. The summed E-state index contributed by atoms with van der Waals surface area (Å²) in [6.45, 7) is 1.97. The Bertz CT molecular complexity index is 840. The summed E-state index contributed by atoms with van der Waals surface area (Å²) in [5, 5.41) is 32.1. The number of benzene rings is 1. The maximum Gasteiger partial charge on any atom is 0.268 e. The summed E-state index contributed by atoms with van der Waals surface area (Å²) < 4.78 is 10.5. The minimum absolute atomic E-state index is 0.0128. The summed E-state index contributed by atoms with van der Waals surface area (Å²) in [5.41, 5.74) is 0.329. The van der Waals surface area contributed by atoms with Crippen molar-refractivity contribution in [1.82, 2.24) is 0 Å². The standard InChI is InChI=1S/C21H26O7/c1-3-4-5-6-7-8-21(26)10-13-14(11-28-21)18(23)16-12(17(13)22)9-15(27-2)19(24)20(16)25/h9,22-23,26H,3-8,10-11H2,1-2H3. The van der Waals surface area contributed by atoms with Crippen LogP contribution in [0, 0.1) is 0 Å². The molecule has 0 fully saturated rings. The summed E-state index contributed by atoms with van der Waals surface area (Å²) >= 11 is 0. The zero-order valence-corrected chi connectivity index (χ0v) is 16.2. The highest BCUT2D eigenvalue weighted by molar-refractivity contribution is 6.52. The van der Waals surface area contributed by atoms with Crippen LogP contribution in [0.25, 0.3) is 6.08 Å². The summed E-state index contributed by atoms with van der Waals surface area (Å²) in [6, 6.07) is 0. The molecular weight excluding hydrogens is 364 g/mol. The molecule has 2 aliphatic rings. The number of carbonyl (C=O) groups is 2. The van der Waals surface area contributed by atoms with Crippen molar-refractivity contribution in [2.75, 3.05) is 7.11 Å². The number of hydrogen-bond acceptors (Lipinski definition) is 7. The van der Waals surface area contributed by atoms with Gasteiger partial charge in [0.05, 0.1) is 19.3 Å². The van der Waals surface area contributed by atoms with Gasteiger partial charge in [0.1, 0.15) is 11.5 Å². The third kappa shape index (κ3) is 3.52. The number of allylic oxidation sites excluding steroid dienone is 1. The van der Waals surface area contributed by atoms with Crippen LogP contribution in [0.15, 0.2) is 5.76 Å². The Labute approximate surface area is 163 Å². The van der Waals surface area contributed by atoms with Gasteiger partial charge in [-0.15, -0.1) is 0 Å². The fourth-order valence-electron chi connectivity index (χ4n) is 3.83. The maximum absolute atomic E-state index is 12.4. The molecule has 7 nitrogen and oxygen atoms in total. The van der Waals surface area contributed by atoms with Gasteiger partial charge in [-0.25, -0.2) is 0 Å². The lowest BCUT2D eigenvalue weighted by Crippen LogP contribution is -2.39. The number of carbonyl (C=O) groups excluding carboxylic acids is 2. The highest BCUT2D eigenvalue weighted by Crippen LogP contribution is 2.46. The van der Waals surface area contributed by atoms with Gasteiger partial charge in [-0.2, -0.15) is 0 Å². The molecule has 3 N–H and O–H groups in total. The molecule has 0 aromatic heterocycles. The lowest BCUT2D eigenvalue weighted by molar-refractivity contribution is -0.222. The van der Waals surface area contributed by atoms with E-state index in [0.717, 1.165) is 32.1 Å². The number of fused-ring (bicyclic) bond motifs is 2. The minimum Gasteiger partial charge on any atom is -0.507 e. The fourth-order valence-corrected chi connectivity index (χ4v) is 3.83. The molecule has 0 saturated carbocycles. The van der Waals surface area contributed by atoms with E-state index >= 15 is 0 Å². The van der Waals surface area contributed by atoms with Crippen molar-refractivity contribution < 1.29 is 34.4 Å². The summed E-state index contributed by atoms with van der Waals surface area (Å²) in [6.07, 6.45) is 6.76. The first kappa shape index (κ1) is 20.4. The van der Waals surface area contributed by atoms with Gasteiger partial charge in [0.2, 0.25) is 5.78 Å². The second kappa shape index (κ2) is 7.93. The molecule has 1 heterocycles. The van der Waals surface area contributed by atoms with E-state index in [-0.39, 0.29) is 41.2 Å². The van der Waals surface area contributed by atoms with Gasteiger partial charge in [-0.05, 0) is 12.5 Å². The molecule has 1 unspecified atom stereocenters. The van der Waals surface area contributed by atoms with Crippen LogP contribution in [0.3, 0.4) is 0 Å². The first-order chi connectivity index (χ1) is 13.3. The molecular formula is C21H26O7. The van der Waals surface area contributed by atoms with Crippen molar-refractivity contribution in [2.24, 2.45) is 0 Å². The van der Waals surface area contributed by atoms with Crippen molar-refractivity contribution in [1.29, 1.82) is 0 Å². The minimum atomic E-state index is -1.44. The monoisotopic (exact) mass is 390 g/mol. The third-order valence-electron chi connectivity index (χ3n) is 5.46. The van der Waals surface area contributed by atoms with E-state index in [1.165, 1.54) is 13.2 Å². The van der Waals surface area contributed by atoms with Crippen LogP contribution in [0.5, 0.6) is 11.5 Å². The Morgan fingerprint density at radius 3 is 2.46 bits per heavy atom. The first-order valence-electron chi connectivity index (χ1n) is 9.63. The van der Waals surface area contributed by atoms with Crippen LogP contribution in [0.2, 0.25) is 0 Å². The topological polar surface area (TPSA) is 113 Å². The number of ketones is 2. The number of phenolic OH excluding ortho intramolecular Hbond substituents is 2. The van der Waals surface area contributed by atoms with E-state index in [4.69, 9.17) is 9.47 Å². The van der Waals surface area contributed by atoms with Gasteiger partial charge in [-0.1, -0.05) is 32.6 Å². The number of phenols is 2. The molecule has 1 atom stereocenters. The Morgan fingerprint density at radius 2 is 1.79 bits per heavy atom. The third-order valence-corrected chi connectivity index (χ3v) is 5.46. The van der Waals surface area contributed by atoms with Crippen molar-refractivity contribution in [3.8, 4) is 11.5 Å². The van der Waals surface area contributed by atoms with E-state index in [0.29, 0.717) is 12.0 Å².